The molecule has 1 atom stereocenters. The zero-order valence-electron chi connectivity index (χ0n) is 5.89. The molecule has 0 spiro atoms. The molecule has 0 saturated carbocycles. The molecular formula is C7H13FO. The van der Waals surface area contributed by atoms with Gasteiger partial charge in [-0.15, -0.1) is 0 Å². The third kappa shape index (κ3) is 4.15. The summed E-state index contributed by atoms with van der Waals surface area (Å²) in [4.78, 5) is 0. The third-order valence-electron chi connectivity index (χ3n) is 1.11. The molecular weight excluding hydrogens is 119 g/mol. The van der Waals surface area contributed by atoms with Crippen LogP contribution in [0.2, 0.25) is 0 Å². The highest BCUT2D eigenvalue weighted by atomic mass is 19.1. The lowest BCUT2D eigenvalue weighted by molar-refractivity contribution is 0.0909. The minimum atomic E-state index is -1.44. The maximum absolute atomic E-state index is 12.7. The predicted molar refractivity (Wildman–Crippen MR) is 36.0 cm³/mol. The fraction of sp³-hybridized carbons (Fsp3) is 0.714. The van der Waals surface area contributed by atoms with Crippen LogP contribution in [0.4, 0.5) is 4.39 Å². The highest BCUT2D eigenvalue weighted by Gasteiger charge is 2.18. The summed E-state index contributed by atoms with van der Waals surface area (Å²) < 4.78 is 12.7. The van der Waals surface area contributed by atoms with E-state index in [0.29, 0.717) is 6.42 Å². The van der Waals surface area contributed by atoms with E-state index in [4.69, 9.17) is 5.11 Å². The lowest BCUT2D eigenvalue weighted by Crippen LogP contribution is -2.21. The summed E-state index contributed by atoms with van der Waals surface area (Å²) in [6.07, 6.45) is 3.77. The molecule has 9 heavy (non-hydrogen) atoms. The number of aliphatic hydroxyl groups excluding tert-OH is 1. The molecule has 0 aromatic rings. The fourth-order valence-corrected chi connectivity index (χ4v) is 0.428. The second-order valence-corrected chi connectivity index (χ2v) is 2.34. The Morgan fingerprint density at radius 3 is 2.56 bits per heavy atom. The molecule has 0 saturated heterocycles. The van der Waals surface area contributed by atoms with Crippen molar-refractivity contribution in [3.05, 3.63) is 12.2 Å². The van der Waals surface area contributed by atoms with Gasteiger partial charge in [0.2, 0.25) is 0 Å². The molecule has 0 heterocycles. The summed E-state index contributed by atoms with van der Waals surface area (Å²) in [5.74, 6) is 0. The number of halogens is 1. The van der Waals surface area contributed by atoms with Crippen LogP contribution in [-0.2, 0) is 0 Å². The summed E-state index contributed by atoms with van der Waals surface area (Å²) in [6.45, 7) is 2.80. The van der Waals surface area contributed by atoms with Crippen molar-refractivity contribution in [1.82, 2.24) is 0 Å². The van der Waals surface area contributed by atoms with Gasteiger partial charge < -0.3 is 5.11 Å². The smallest absolute Gasteiger partial charge is 0.134 e. The van der Waals surface area contributed by atoms with E-state index in [2.05, 4.69) is 0 Å². The number of allylic oxidation sites excluding steroid dienone is 2. The Labute approximate surface area is 55.2 Å². The molecule has 0 aromatic carbocycles. The van der Waals surface area contributed by atoms with Gasteiger partial charge in [-0.3, -0.25) is 0 Å². The van der Waals surface area contributed by atoms with Crippen LogP contribution in [0, 0.1) is 0 Å². The molecule has 0 fully saturated rings. The standard InChI is InChI=1S/C7H13FO/c1-3-4-5-7(2,8)6-9/h3-4,9H,5-6H2,1-2H3/b4-3+/t7-/m1/s1. The van der Waals surface area contributed by atoms with Crippen LogP contribution in [-0.4, -0.2) is 17.4 Å². The molecule has 0 rings (SSSR count). The van der Waals surface area contributed by atoms with Crippen LogP contribution in [0.5, 0.6) is 0 Å². The largest absolute Gasteiger partial charge is 0.393 e. The summed E-state index contributed by atoms with van der Waals surface area (Å²) in [5.41, 5.74) is -1.44. The summed E-state index contributed by atoms with van der Waals surface area (Å²) in [6, 6.07) is 0. The van der Waals surface area contributed by atoms with Crippen molar-refractivity contribution in [3.63, 3.8) is 0 Å². The Balaban J connectivity index is 3.58. The van der Waals surface area contributed by atoms with E-state index in [0.717, 1.165) is 0 Å². The van der Waals surface area contributed by atoms with Crippen molar-refractivity contribution >= 4 is 0 Å². The third-order valence-corrected chi connectivity index (χ3v) is 1.11. The molecule has 0 aliphatic carbocycles. The second kappa shape index (κ2) is 3.62. The summed E-state index contributed by atoms with van der Waals surface area (Å²) >= 11 is 0. The molecule has 0 unspecified atom stereocenters. The molecule has 54 valence electrons. The number of hydrogen-bond donors (Lipinski definition) is 1. The first-order valence-electron chi connectivity index (χ1n) is 3.03. The van der Waals surface area contributed by atoms with E-state index >= 15 is 0 Å². The highest BCUT2D eigenvalue weighted by Crippen LogP contribution is 2.13. The Kier molecular flexibility index (Phi) is 3.47. The van der Waals surface area contributed by atoms with Crippen molar-refractivity contribution < 1.29 is 9.50 Å². The van der Waals surface area contributed by atoms with Gasteiger partial charge in [0, 0.05) is 6.42 Å². The molecule has 1 nitrogen and oxygen atoms in total. The predicted octanol–water partition coefficient (Wildman–Crippen LogP) is 1.67. The van der Waals surface area contributed by atoms with Crippen molar-refractivity contribution in [2.75, 3.05) is 6.61 Å². The maximum atomic E-state index is 12.7. The van der Waals surface area contributed by atoms with Gasteiger partial charge in [-0.1, -0.05) is 12.2 Å². The molecule has 0 amide bonds. The first-order chi connectivity index (χ1) is 4.12. The van der Waals surface area contributed by atoms with Crippen LogP contribution >= 0.6 is 0 Å². The molecule has 2 heteroatoms. The summed E-state index contributed by atoms with van der Waals surface area (Å²) in [5, 5.41) is 8.41. The first kappa shape index (κ1) is 8.63. The molecule has 1 N–H and O–H groups in total. The van der Waals surface area contributed by atoms with Crippen LogP contribution in [0.1, 0.15) is 20.3 Å². The van der Waals surface area contributed by atoms with Gasteiger partial charge in [0.05, 0.1) is 6.61 Å². The average molecular weight is 132 g/mol. The van der Waals surface area contributed by atoms with Gasteiger partial charge in [-0.2, -0.15) is 0 Å². The number of rotatable bonds is 3. The minimum absolute atomic E-state index is 0.292. The Morgan fingerprint density at radius 2 is 2.22 bits per heavy atom. The number of hydrogen-bond acceptors (Lipinski definition) is 1. The monoisotopic (exact) mass is 132 g/mol. The second-order valence-electron chi connectivity index (χ2n) is 2.34. The van der Waals surface area contributed by atoms with Gasteiger partial charge in [0.25, 0.3) is 0 Å². The van der Waals surface area contributed by atoms with E-state index < -0.39 is 12.3 Å². The Morgan fingerprint density at radius 1 is 1.67 bits per heavy atom. The van der Waals surface area contributed by atoms with Crippen LogP contribution in [0.25, 0.3) is 0 Å². The van der Waals surface area contributed by atoms with Gasteiger partial charge in [0.15, 0.2) is 0 Å². The molecule has 0 aromatic heterocycles. The average Bonchev–Trinajstić information content (AvgIpc) is 1.84. The SMILES string of the molecule is C/C=C/C[C@@](C)(F)CO. The zero-order valence-corrected chi connectivity index (χ0v) is 5.89. The molecule has 0 aliphatic heterocycles. The van der Waals surface area contributed by atoms with Gasteiger partial charge >= 0.3 is 0 Å². The maximum Gasteiger partial charge on any atom is 0.134 e. The van der Waals surface area contributed by atoms with Crippen molar-refractivity contribution in [1.29, 1.82) is 0 Å². The van der Waals surface area contributed by atoms with Gasteiger partial charge in [0.1, 0.15) is 5.67 Å². The van der Waals surface area contributed by atoms with E-state index in [1.54, 1.807) is 12.2 Å². The first-order valence-corrected chi connectivity index (χ1v) is 3.03. The molecule has 0 aliphatic rings. The molecule has 0 bridgehead atoms. The van der Waals surface area contributed by atoms with Crippen LogP contribution in [0.15, 0.2) is 12.2 Å². The lowest BCUT2D eigenvalue weighted by Gasteiger charge is -2.13. The van der Waals surface area contributed by atoms with Crippen molar-refractivity contribution in [3.8, 4) is 0 Å². The molecule has 0 radical (unpaired) electrons. The van der Waals surface area contributed by atoms with Gasteiger partial charge in [-0.05, 0) is 13.8 Å². The highest BCUT2D eigenvalue weighted by molar-refractivity contribution is 4.86. The fourth-order valence-electron chi connectivity index (χ4n) is 0.428. The Bertz CT molecular complexity index is 97.1. The van der Waals surface area contributed by atoms with E-state index in [9.17, 15) is 4.39 Å². The quantitative estimate of drug-likeness (QED) is 0.579. The van der Waals surface area contributed by atoms with E-state index in [1.165, 1.54) is 6.92 Å². The van der Waals surface area contributed by atoms with Crippen molar-refractivity contribution in [2.45, 2.75) is 25.9 Å². The van der Waals surface area contributed by atoms with E-state index in [-0.39, 0.29) is 0 Å². The Hall–Kier alpha value is -0.370. The number of aliphatic hydroxyl groups is 1. The van der Waals surface area contributed by atoms with Crippen LogP contribution < -0.4 is 0 Å². The summed E-state index contributed by atoms with van der Waals surface area (Å²) in [7, 11) is 0. The van der Waals surface area contributed by atoms with Gasteiger partial charge in [-0.25, -0.2) is 4.39 Å². The van der Waals surface area contributed by atoms with Crippen molar-refractivity contribution in [2.24, 2.45) is 0 Å². The normalized spacial score (nSPS) is 18.2. The van der Waals surface area contributed by atoms with Crippen LogP contribution in [0.3, 0.4) is 0 Å². The number of alkyl halides is 1. The zero-order chi connectivity index (χ0) is 7.33. The van der Waals surface area contributed by atoms with E-state index in [1.807, 2.05) is 6.92 Å². The topological polar surface area (TPSA) is 20.2 Å². The lowest BCUT2D eigenvalue weighted by atomic mass is 10.1. The minimum Gasteiger partial charge on any atom is -0.393 e.